The molecule has 0 amide bonds. The smallest absolute Gasteiger partial charge is 0.127 e. The molecule has 1 atom stereocenters. The highest BCUT2D eigenvalue weighted by Gasteiger charge is 2.23. The monoisotopic (exact) mass is 360 g/mol. The molecular weight excluding hydrogens is 348 g/mol. The fourth-order valence-corrected chi connectivity index (χ4v) is 4.25. The van der Waals surface area contributed by atoms with Crippen LogP contribution in [0.4, 0.5) is 0 Å². The molecule has 5 heteroatoms. The minimum atomic E-state index is -0.298. The summed E-state index contributed by atoms with van der Waals surface area (Å²) in [5, 5.41) is -0.298. The number of methoxy groups -OCH3 is 2. The van der Waals surface area contributed by atoms with Crippen molar-refractivity contribution >= 4 is 38.9 Å². The second-order valence-corrected chi connectivity index (χ2v) is 7.07. The first-order valence-electron chi connectivity index (χ1n) is 5.69. The average molecular weight is 362 g/mol. The van der Waals surface area contributed by atoms with E-state index < -0.39 is 0 Å². The summed E-state index contributed by atoms with van der Waals surface area (Å²) in [6.45, 7) is 2.06. The minimum Gasteiger partial charge on any atom is -0.496 e. The summed E-state index contributed by atoms with van der Waals surface area (Å²) in [4.78, 5) is 1.18. The van der Waals surface area contributed by atoms with Crippen molar-refractivity contribution in [3.63, 3.8) is 0 Å². The van der Waals surface area contributed by atoms with Gasteiger partial charge in [-0.3, -0.25) is 0 Å². The lowest BCUT2D eigenvalue weighted by Crippen LogP contribution is -2.01. The van der Waals surface area contributed by atoms with Crippen LogP contribution in [-0.2, 0) is 0 Å². The maximum atomic E-state index is 6.64. The molecule has 0 radical (unpaired) electrons. The van der Waals surface area contributed by atoms with E-state index in [1.54, 1.807) is 25.6 Å². The van der Waals surface area contributed by atoms with Gasteiger partial charge in [0, 0.05) is 4.88 Å². The Balaban J connectivity index is 2.54. The molecule has 2 rings (SSSR count). The van der Waals surface area contributed by atoms with E-state index in [4.69, 9.17) is 21.1 Å². The summed E-state index contributed by atoms with van der Waals surface area (Å²) in [5.41, 5.74) is 1.93. The number of thiophene rings is 1. The number of halogens is 2. The van der Waals surface area contributed by atoms with E-state index in [0.717, 1.165) is 26.4 Å². The van der Waals surface area contributed by atoms with Crippen LogP contribution in [0.1, 0.15) is 21.4 Å². The van der Waals surface area contributed by atoms with Crippen molar-refractivity contribution in [3.05, 3.63) is 44.1 Å². The molecule has 1 aromatic carbocycles. The Bertz CT molecular complexity index is 561. The maximum Gasteiger partial charge on any atom is 0.127 e. The van der Waals surface area contributed by atoms with Gasteiger partial charge in [0.05, 0.1) is 28.9 Å². The molecule has 0 N–H and O–H groups in total. The number of ether oxygens (including phenoxy) is 2. The molecule has 1 unspecified atom stereocenters. The van der Waals surface area contributed by atoms with Crippen molar-refractivity contribution in [2.24, 2.45) is 0 Å². The topological polar surface area (TPSA) is 18.5 Å². The Hall–Kier alpha value is -0.710. The summed E-state index contributed by atoms with van der Waals surface area (Å²) < 4.78 is 11.9. The SMILES string of the molecule is COc1cccc(OC)c1C(Cl)c1cc(Br)sc1C. The molecule has 0 fully saturated rings. The molecule has 0 spiro atoms. The zero-order chi connectivity index (χ0) is 14.0. The van der Waals surface area contributed by atoms with Crippen LogP contribution in [-0.4, -0.2) is 14.2 Å². The van der Waals surface area contributed by atoms with Gasteiger partial charge in [-0.1, -0.05) is 6.07 Å². The standard InChI is InChI=1S/C14H14BrClO2S/c1-8-9(7-12(15)19-8)14(16)13-10(17-2)5-4-6-11(13)18-3/h4-7,14H,1-3H3. The van der Waals surface area contributed by atoms with Crippen LogP contribution in [0.25, 0.3) is 0 Å². The van der Waals surface area contributed by atoms with Gasteiger partial charge in [-0.05, 0) is 46.6 Å². The molecule has 102 valence electrons. The molecule has 0 saturated carbocycles. The van der Waals surface area contributed by atoms with Crippen LogP contribution in [0, 0.1) is 6.92 Å². The quantitative estimate of drug-likeness (QED) is 0.700. The highest BCUT2D eigenvalue weighted by molar-refractivity contribution is 9.11. The van der Waals surface area contributed by atoms with Crippen LogP contribution in [0.15, 0.2) is 28.1 Å². The highest BCUT2D eigenvalue weighted by Crippen LogP contribution is 2.44. The Morgan fingerprint density at radius 2 is 1.79 bits per heavy atom. The molecule has 0 bridgehead atoms. The first kappa shape index (κ1) is 14.7. The van der Waals surface area contributed by atoms with Crippen LogP contribution >= 0.6 is 38.9 Å². The second kappa shape index (κ2) is 6.16. The van der Waals surface area contributed by atoms with Crippen LogP contribution in [0.5, 0.6) is 11.5 Å². The van der Waals surface area contributed by atoms with Crippen molar-refractivity contribution in [3.8, 4) is 11.5 Å². The molecular formula is C14H14BrClO2S. The first-order chi connectivity index (χ1) is 9.08. The van der Waals surface area contributed by atoms with Gasteiger partial charge < -0.3 is 9.47 Å². The van der Waals surface area contributed by atoms with Crippen molar-refractivity contribution in [1.82, 2.24) is 0 Å². The van der Waals surface area contributed by atoms with E-state index in [1.165, 1.54) is 4.88 Å². The number of rotatable bonds is 4. The Morgan fingerprint density at radius 1 is 1.21 bits per heavy atom. The fourth-order valence-electron chi connectivity index (χ4n) is 2.00. The zero-order valence-corrected chi connectivity index (χ0v) is 14.0. The van der Waals surface area contributed by atoms with E-state index >= 15 is 0 Å². The van der Waals surface area contributed by atoms with Crippen LogP contribution < -0.4 is 9.47 Å². The number of alkyl halides is 1. The van der Waals surface area contributed by atoms with Crippen LogP contribution in [0.3, 0.4) is 0 Å². The Morgan fingerprint density at radius 3 is 2.21 bits per heavy atom. The van der Waals surface area contributed by atoms with E-state index in [1.807, 2.05) is 24.3 Å². The molecule has 0 saturated heterocycles. The Labute approximate surface area is 130 Å². The van der Waals surface area contributed by atoms with E-state index in [2.05, 4.69) is 22.9 Å². The van der Waals surface area contributed by atoms with Crippen molar-refractivity contribution in [2.75, 3.05) is 14.2 Å². The van der Waals surface area contributed by atoms with E-state index in [0.29, 0.717) is 0 Å². The summed E-state index contributed by atoms with van der Waals surface area (Å²) in [7, 11) is 3.27. The van der Waals surface area contributed by atoms with Gasteiger partial charge >= 0.3 is 0 Å². The third-order valence-electron chi connectivity index (χ3n) is 2.92. The fraction of sp³-hybridized carbons (Fsp3) is 0.286. The molecule has 19 heavy (non-hydrogen) atoms. The predicted molar refractivity (Wildman–Crippen MR) is 84.0 cm³/mol. The lowest BCUT2D eigenvalue weighted by atomic mass is 10.0. The minimum absolute atomic E-state index is 0.298. The van der Waals surface area contributed by atoms with Crippen molar-refractivity contribution in [1.29, 1.82) is 0 Å². The second-order valence-electron chi connectivity index (χ2n) is 4.00. The molecule has 1 aromatic heterocycles. The largest absolute Gasteiger partial charge is 0.496 e. The van der Waals surface area contributed by atoms with Gasteiger partial charge in [-0.2, -0.15) is 0 Å². The van der Waals surface area contributed by atoms with E-state index in [-0.39, 0.29) is 5.38 Å². The predicted octanol–water partition coefficient (Wildman–Crippen LogP) is 5.16. The number of hydrogen-bond acceptors (Lipinski definition) is 3. The van der Waals surface area contributed by atoms with Crippen molar-refractivity contribution in [2.45, 2.75) is 12.3 Å². The first-order valence-corrected chi connectivity index (χ1v) is 7.73. The zero-order valence-electron chi connectivity index (χ0n) is 10.9. The summed E-state index contributed by atoms with van der Waals surface area (Å²) in [6.07, 6.45) is 0. The van der Waals surface area contributed by atoms with E-state index in [9.17, 15) is 0 Å². The average Bonchev–Trinajstić information content (AvgIpc) is 2.75. The van der Waals surface area contributed by atoms with Crippen molar-refractivity contribution < 1.29 is 9.47 Å². The van der Waals surface area contributed by atoms with Gasteiger partial charge in [-0.25, -0.2) is 0 Å². The normalized spacial score (nSPS) is 12.3. The molecule has 0 aliphatic heterocycles. The number of hydrogen-bond donors (Lipinski definition) is 0. The lowest BCUT2D eigenvalue weighted by Gasteiger charge is -2.17. The van der Waals surface area contributed by atoms with Crippen LogP contribution in [0.2, 0.25) is 0 Å². The number of benzene rings is 1. The van der Waals surface area contributed by atoms with Gasteiger partial charge in [0.25, 0.3) is 0 Å². The molecule has 0 aliphatic carbocycles. The lowest BCUT2D eigenvalue weighted by molar-refractivity contribution is 0.386. The summed E-state index contributed by atoms with van der Waals surface area (Å²) in [5.74, 6) is 1.47. The molecule has 2 nitrogen and oxygen atoms in total. The summed E-state index contributed by atoms with van der Waals surface area (Å²) >= 11 is 11.8. The van der Waals surface area contributed by atoms with Gasteiger partial charge in [0.1, 0.15) is 11.5 Å². The molecule has 1 heterocycles. The maximum absolute atomic E-state index is 6.64. The van der Waals surface area contributed by atoms with Gasteiger partial charge in [0.2, 0.25) is 0 Å². The third kappa shape index (κ3) is 2.91. The highest BCUT2D eigenvalue weighted by atomic mass is 79.9. The third-order valence-corrected chi connectivity index (χ3v) is 4.94. The van der Waals surface area contributed by atoms with Gasteiger partial charge in [0.15, 0.2) is 0 Å². The summed E-state index contributed by atoms with van der Waals surface area (Å²) in [6, 6.07) is 7.72. The number of aryl methyl sites for hydroxylation is 1. The molecule has 0 aliphatic rings. The Kier molecular flexibility index (Phi) is 4.76. The molecule has 2 aromatic rings. The van der Waals surface area contributed by atoms with Gasteiger partial charge in [-0.15, -0.1) is 22.9 Å².